The molecule has 0 spiro atoms. The highest BCUT2D eigenvalue weighted by Crippen LogP contribution is 2.11. The highest BCUT2D eigenvalue weighted by atomic mass is 16.2. The number of carbonyl (C=O) groups is 1. The second-order valence-electron chi connectivity index (χ2n) is 4.87. The zero-order valence-electron chi connectivity index (χ0n) is 12.0. The first-order valence-electron chi connectivity index (χ1n) is 6.13. The Hall–Kier alpha value is -2.11. The molecule has 0 bridgehead atoms. The minimum Gasteiger partial charge on any atom is -0.336 e. The van der Waals surface area contributed by atoms with Crippen LogP contribution in [-0.2, 0) is 20.6 Å². The SMILES string of the molecule is Cc1cc(C(=O)N(C)Cc2cn(C)nc2C)n(C)n1. The van der Waals surface area contributed by atoms with Gasteiger partial charge in [0.25, 0.3) is 5.91 Å². The van der Waals surface area contributed by atoms with Crippen molar-refractivity contribution in [2.45, 2.75) is 20.4 Å². The number of amides is 1. The molecule has 2 aromatic rings. The number of aromatic nitrogens is 4. The van der Waals surface area contributed by atoms with E-state index in [-0.39, 0.29) is 5.91 Å². The molecule has 2 heterocycles. The van der Waals surface area contributed by atoms with Crippen molar-refractivity contribution in [3.63, 3.8) is 0 Å². The van der Waals surface area contributed by atoms with Crippen LogP contribution in [0.15, 0.2) is 12.3 Å². The van der Waals surface area contributed by atoms with E-state index in [1.807, 2.05) is 27.1 Å². The van der Waals surface area contributed by atoms with Crippen molar-refractivity contribution in [2.24, 2.45) is 14.1 Å². The van der Waals surface area contributed by atoms with Crippen molar-refractivity contribution >= 4 is 5.91 Å². The molecule has 0 aliphatic carbocycles. The Morgan fingerprint density at radius 1 is 1.32 bits per heavy atom. The van der Waals surface area contributed by atoms with Crippen LogP contribution in [0.1, 0.15) is 27.4 Å². The number of nitrogens with zero attached hydrogens (tertiary/aromatic N) is 5. The minimum absolute atomic E-state index is 0.0358. The van der Waals surface area contributed by atoms with E-state index in [0.29, 0.717) is 12.2 Å². The number of aryl methyl sites for hydroxylation is 4. The zero-order chi connectivity index (χ0) is 14.2. The van der Waals surface area contributed by atoms with Gasteiger partial charge in [-0.25, -0.2) is 0 Å². The van der Waals surface area contributed by atoms with Crippen LogP contribution in [0.5, 0.6) is 0 Å². The summed E-state index contributed by atoms with van der Waals surface area (Å²) in [4.78, 5) is 14.0. The molecule has 6 nitrogen and oxygen atoms in total. The lowest BCUT2D eigenvalue weighted by atomic mass is 10.2. The third-order valence-electron chi connectivity index (χ3n) is 3.09. The summed E-state index contributed by atoms with van der Waals surface area (Å²) in [6, 6.07) is 1.80. The molecule has 0 aliphatic rings. The quantitative estimate of drug-likeness (QED) is 0.829. The summed E-state index contributed by atoms with van der Waals surface area (Å²) in [5.74, 6) is -0.0358. The van der Waals surface area contributed by atoms with Crippen LogP contribution in [0.3, 0.4) is 0 Å². The Morgan fingerprint density at radius 2 is 2.00 bits per heavy atom. The first-order chi connectivity index (χ1) is 8.88. The van der Waals surface area contributed by atoms with E-state index >= 15 is 0 Å². The first-order valence-corrected chi connectivity index (χ1v) is 6.13. The minimum atomic E-state index is -0.0358. The Balaban J connectivity index is 2.16. The number of rotatable bonds is 3. The highest BCUT2D eigenvalue weighted by Gasteiger charge is 2.17. The van der Waals surface area contributed by atoms with Crippen LogP contribution in [0, 0.1) is 13.8 Å². The molecule has 0 aliphatic heterocycles. The number of carbonyl (C=O) groups excluding carboxylic acids is 1. The smallest absolute Gasteiger partial charge is 0.272 e. The molecule has 6 heteroatoms. The van der Waals surface area contributed by atoms with Gasteiger partial charge in [-0.3, -0.25) is 14.2 Å². The summed E-state index contributed by atoms with van der Waals surface area (Å²) >= 11 is 0. The Labute approximate surface area is 112 Å². The monoisotopic (exact) mass is 261 g/mol. The van der Waals surface area contributed by atoms with Gasteiger partial charge >= 0.3 is 0 Å². The molecule has 0 aromatic carbocycles. The van der Waals surface area contributed by atoms with Gasteiger partial charge in [-0.05, 0) is 19.9 Å². The van der Waals surface area contributed by atoms with Crippen molar-refractivity contribution in [1.82, 2.24) is 24.5 Å². The molecule has 0 radical (unpaired) electrons. The molecule has 0 saturated carbocycles. The Morgan fingerprint density at radius 3 is 2.47 bits per heavy atom. The second kappa shape index (κ2) is 4.87. The maximum atomic E-state index is 12.3. The standard InChI is InChI=1S/C13H19N5O/c1-9-6-12(18(5)14-9)13(19)16(3)7-11-8-17(4)15-10(11)2/h6,8H,7H2,1-5H3. The van der Waals surface area contributed by atoms with Gasteiger partial charge in [0.05, 0.1) is 11.4 Å². The first kappa shape index (κ1) is 13.3. The largest absolute Gasteiger partial charge is 0.336 e. The molecule has 2 rings (SSSR count). The molecular weight excluding hydrogens is 242 g/mol. The summed E-state index contributed by atoms with van der Waals surface area (Å²) < 4.78 is 3.38. The van der Waals surface area contributed by atoms with E-state index in [4.69, 9.17) is 0 Å². The third kappa shape index (κ3) is 2.67. The lowest BCUT2D eigenvalue weighted by molar-refractivity contribution is 0.0774. The van der Waals surface area contributed by atoms with Gasteiger partial charge in [0.2, 0.25) is 0 Å². The van der Waals surface area contributed by atoms with Crippen molar-refractivity contribution < 1.29 is 4.79 Å². The average Bonchev–Trinajstić information content (AvgIpc) is 2.80. The molecule has 0 N–H and O–H groups in total. The molecule has 0 fully saturated rings. The predicted molar refractivity (Wildman–Crippen MR) is 71.7 cm³/mol. The summed E-state index contributed by atoms with van der Waals surface area (Å²) in [7, 11) is 5.45. The normalized spacial score (nSPS) is 10.8. The van der Waals surface area contributed by atoms with Crippen LogP contribution in [0.25, 0.3) is 0 Å². The molecular formula is C13H19N5O. The van der Waals surface area contributed by atoms with Crippen LogP contribution >= 0.6 is 0 Å². The van der Waals surface area contributed by atoms with Crippen LogP contribution in [0.2, 0.25) is 0 Å². The van der Waals surface area contributed by atoms with Crippen molar-refractivity contribution in [1.29, 1.82) is 0 Å². The van der Waals surface area contributed by atoms with E-state index in [1.165, 1.54) is 0 Å². The van der Waals surface area contributed by atoms with Crippen LogP contribution < -0.4 is 0 Å². The molecule has 0 unspecified atom stereocenters. The van der Waals surface area contributed by atoms with E-state index in [2.05, 4.69) is 10.2 Å². The zero-order valence-corrected chi connectivity index (χ0v) is 12.0. The number of hydrogen-bond acceptors (Lipinski definition) is 3. The maximum Gasteiger partial charge on any atom is 0.272 e. The third-order valence-corrected chi connectivity index (χ3v) is 3.09. The summed E-state index contributed by atoms with van der Waals surface area (Å²) in [5.41, 5.74) is 3.44. The maximum absolute atomic E-state index is 12.3. The highest BCUT2D eigenvalue weighted by molar-refractivity contribution is 5.92. The topological polar surface area (TPSA) is 56.0 Å². The summed E-state index contributed by atoms with van der Waals surface area (Å²) in [6.45, 7) is 4.37. The molecule has 1 amide bonds. The fraction of sp³-hybridized carbons (Fsp3) is 0.462. The fourth-order valence-electron chi connectivity index (χ4n) is 2.14. The summed E-state index contributed by atoms with van der Waals surface area (Å²) in [5, 5.41) is 8.47. The molecule has 0 saturated heterocycles. The van der Waals surface area contributed by atoms with E-state index in [9.17, 15) is 4.79 Å². The van der Waals surface area contributed by atoms with Crippen LogP contribution in [-0.4, -0.2) is 37.4 Å². The molecule has 2 aromatic heterocycles. The lowest BCUT2D eigenvalue weighted by Crippen LogP contribution is -2.28. The second-order valence-corrected chi connectivity index (χ2v) is 4.87. The van der Waals surface area contributed by atoms with E-state index in [0.717, 1.165) is 17.0 Å². The van der Waals surface area contributed by atoms with Gasteiger partial charge < -0.3 is 4.90 Å². The van der Waals surface area contributed by atoms with Crippen LogP contribution in [0.4, 0.5) is 0 Å². The molecule has 102 valence electrons. The molecule has 0 atom stereocenters. The Kier molecular flexibility index (Phi) is 3.42. The van der Waals surface area contributed by atoms with E-state index < -0.39 is 0 Å². The number of hydrogen-bond donors (Lipinski definition) is 0. The summed E-state index contributed by atoms with van der Waals surface area (Å²) in [6.07, 6.45) is 1.94. The molecule has 19 heavy (non-hydrogen) atoms. The van der Waals surface area contributed by atoms with Gasteiger partial charge in [0.1, 0.15) is 5.69 Å². The van der Waals surface area contributed by atoms with Gasteiger partial charge in [0, 0.05) is 39.4 Å². The van der Waals surface area contributed by atoms with Gasteiger partial charge in [0.15, 0.2) is 0 Å². The van der Waals surface area contributed by atoms with Crippen molar-refractivity contribution in [3.8, 4) is 0 Å². The fourth-order valence-corrected chi connectivity index (χ4v) is 2.14. The Bertz CT molecular complexity index is 611. The lowest BCUT2D eigenvalue weighted by Gasteiger charge is -2.16. The van der Waals surface area contributed by atoms with Crippen molar-refractivity contribution in [3.05, 3.63) is 34.9 Å². The van der Waals surface area contributed by atoms with Gasteiger partial charge in [-0.1, -0.05) is 0 Å². The van der Waals surface area contributed by atoms with Crippen molar-refractivity contribution in [2.75, 3.05) is 7.05 Å². The van der Waals surface area contributed by atoms with Gasteiger partial charge in [-0.15, -0.1) is 0 Å². The van der Waals surface area contributed by atoms with E-state index in [1.54, 1.807) is 34.4 Å². The predicted octanol–water partition coefficient (Wildman–Crippen LogP) is 1.04. The van der Waals surface area contributed by atoms with Gasteiger partial charge in [-0.2, -0.15) is 10.2 Å². The average molecular weight is 261 g/mol.